The average molecular weight is 189 g/mol. The van der Waals surface area contributed by atoms with Gasteiger partial charge >= 0.3 is 0 Å². The maximum Gasteiger partial charge on any atom is 0.161 e. The van der Waals surface area contributed by atoms with E-state index in [2.05, 4.69) is 4.98 Å². The number of carbonyl (C=O) groups excluding carboxylic acids is 2. The van der Waals surface area contributed by atoms with Gasteiger partial charge in [0.25, 0.3) is 0 Å². The van der Waals surface area contributed by atoms with E-state index in [1.165, 1.54) is 13.1 Å². The van der Waals surface area contributed by atoms with Crippen LogP contribution < -0.4 is 0 Å². The second-order valence-corrected chi connectivity index (χ2v) is 2.87. The Balaban J connectivity index is 2.83. The van der Waals surface area contributed by atoms with Crippen molar-refractivity contribution in [3.63, 3.8) is 0 Å². The van der Waals surface area contributed by atoms with Crippen molar-refractivity contribution in [1.82, 2.24) is 4.98 Å². The second-order valence-electron chi connectivity index (χ2n) is 2.87. The zero-order chi connectivity index (χ0) is 10.4. The lowest BCUT2D eigenvalue weighted by Gasteiger charge is -1.96. The van der Waals surface area contributed by atoms with Gasteiger partial charge in [0.15, 0.2) is 5.78 Å². The van der Waals surface area contributed by atoms with Crippen molar-refractivity contribution in [3.05, 3.63) is 35.7 Å². The molecule has 0 amide bonds. The lowest BCUT2D eigenvalue weighted by Crippen LogP contribution is -1.93. The number of aromatic nitrogens is 1. The summed E-state index contributed by atoms with van der Waals surface area (Å²) in [5.41, 5.74) is 1.41. The minimum absolute atomic E-state index is 0.0110. The Labute approximate surface area is 82.5 Å². The molecule has 0 bridgehead atoms. The van der Waals surface area contributed by atoms with Gasteiger partial charge in [-0.2, -0.15) is 0 Å². The monoisotopic (exact) mass is 189 g/mol. The zero-order valence-electron chi connectivity index (χ0n) is 7.93. The predicted molar refractivity (Wildman–Crippen MR) is 54.0 cm³/mol. The fourth-order valence-electron chi connectivity index (χ4n) is 1.00. The molecule has 0 unspecified atom stereocenters. The molecule has 1 aromatic rings. The number of allylic oxidation sites excluding steroid dienone is 1. The number of hydrogen-bond donors (Lipinski definition) is 0. The van der Waals surface area contributed by atoms with Gasteiger partial charge in [0.2, 0.25) is 0 Å². The Morgan fingerprint density at radius 2 is 2.29 bits per heavy atom. The van der Waals surface area contributed by atoms with Crippen LogP contribution >= 0.6 is 0 Å². The van der Waals surface area contributed by atoms with Crippen LogP contribution in [0.3, 0.4) is 0 Å². The third-order valence-electron chi connectivity index (χ3n) is 1.71. The molecule has 0 atom stereocenters. The van der Waals surface area contributed by atoms with E-state index in [-0.39, 0.29) is 5.78 Å². The fourth-order valence-corrected chi connectivity index (χ4v) is 1.00. The van der Waals surface area contributed by atoms with Gasteiger partial charge < -0.3 is 4.79 Å². The summed E-state index contributed by atoms with van der Waals surface area (Å²) in [5, 5.41) is 0. The Morgan fingerprint density at radius 1 is 1.50 bits per heavy atom. The molecule has 0 saturated heterocycles. The smallest absolute Gasteiger partial charge is 0.161 e. The van der Waals surface area contributed by atoms with Crippen LogP contribution in [0.4, 0.5) is 0 Å². The number of aldehydes is 1. The van der Waals surface area contributed by atoms with Crippen molar-refractivity contribution in [2.24, 2.45) is 0 Å². The van der Waals surface area contributed by atoms with Crippen molar-refractivity contribution in [2.45, 2.75) is 13.3 Å². The van der Waals surface area contributed by atoms with Crippen LogP contribution in [0, 0.1) is 0 Å². The molecule has 1 heterocycles. The number of hydrogen-bond acceptors (Lipinski definition) is 3. The lowest BCUT2D eigenvalue weighted by atomic mass is 10.1. The molecule has 0 fully saturated rings. The van der Waals surface area contributed by atoms with Crippen LogP contribution in [0.5, 0.6) is 0 Å². The predicted octanol–water partition coefficient (Wildman–Crippen LogP) is 1.89. The highest BCUT2D eigenvalue weighted by Gasteiger charge is 1.98. The van der Waals surface area contributed by atoms with E-state index >= 15 is 0 Å². The molecule has 0 aliphatic heterocycles. The molecule has 0 aliphatic carbocycles. The fraction of sp³-hybridized carbons (Fsp3) is 0.182. The molecule has 1 rings (SSSR count). The van der Waals surface area contributed by atoms with Crippen LogP contribution in [-0.2, 0) is 4.79 Å². The number of pyridine rings is 1. The molecular weight excluding hydrogens is 178 g/mol. The van der Waals surface area contributed by atoms with Crippen molar-refractivity contribution in [2.75, 3.05) is 0 Å². The minimum atomic E-state index is -0.0110. The highest BCUT2D eigenvalue weighted by molar-refractivity contribution is 5.94. The van der Waals surface area contributed by atoms with E-state index in [9.17, 15) is 9.59 Å². The SMILES string of the molecule is CC(=O)c1cncc(C=CCC=O)c1. The molecular formula is C11H11NO2. The summed E-state index contributed by atoms with van der Waals surface area (Å²) in [4.78, 5) is 25.0. The van der Waals surface area contributed by atoms with Crippen LogP contribution in [0.25, 0.3) is 6.08 Å². The van der Waals surface area contributed by atoms with Gasteiger partial charge in [0.1, 0.15) is 6.29 Å². The third-order valence-corrected chi connectivity index (χ3v) is 1.71. The molecule has 0 aromatic carbocycles. The van der Waals surface area contributed by atoms with Crippen LogP contribution in [-0.4, -0.2) is 17.1 Å². The van der Waals surface area contributed by atoms with Gasteiger partial charge in [0.05, 0.1) is 0 Å². The number of ketones is 1. The summed E-state index contributed by atoms with van der Waals surface area (Å²) in [6, 6.07) is 1.75. The van der Waals surface area contributed by atoms with Gasteiger partial charge in [-0.15, -0.1) is 0 Å². The van der Waals surface area contributed by atoms with Crippen LogP contribution in [0.15, 0.2) is 24.5 Å². The first kappa shape index (κ1) is 10.3. The summed E-state index contributed by atoms with van der Waals surface area (Å²) in [6.07, 6.45) is 7.87. The molecule has 0 aliphatic rings. The lowest BCUT2D eigenvalue weighted by molar-refractivity contribution is -0.107. The Kier molecular flexibility index (Phi) is 3.73. The van der Waals surface area contributed by atoms with Gasteiger partial charge in [-0.1, -0.05) is 12.2 Å². The molecule has 0 radical (unpaired) electrons. The third kappa shape index (κ3) is 2.94. The van der Waals surface area contributed by atoms with E-state index in [0.717, 1.165) is 11.8 Å². The van der Waals surface area contributed by atoms with Crippen molar-refractivity contribution in [1.29, 1.82) is 0 Å². The largest absolute Gasteiger partial charge is 0.303 e. The van der Waals surface area contributed by atoms with E-state index in [4.69, 9.17) is 0 Å². The summed E-state index contributed by atoms with van der Waals surface area (Å²) >= 11 is 0. The first-order chi connectivity index (χ1) is 6.74. The number of Topliss-reactive ketones (excluding diaryl/α,β-unsaturated/α-hetero) is 1. The van der Waals surface area contributed by atoms with Gasteiger partial charge in [0, 0.05) is 24.4 Å². The number of carbonyl (C=O) groups is 2. The van der Waals surface area contributed by atoms with Gasteiger partial charge in [-0.3, -0.25) is 9.78 Å². The summed E-state index contributed by atoms with van der Waals surface area (Å²) in [6.45, 7) is 1.50. The second kappa shape index (κ2) is 5.07. The van der Waals surface area contributed by atoms with Crippen LogP contribution in [0.2, 0.25) is 0 Å². The summed E-state index contributed by atoms with van der Waals surface area (Å²) in [5.74, 6) is -0.0110. The standard InChI is InChI=1S/C11H11NO2/c1-9(14)11-6-10(7-12-8-11)4-2-3-5-13/h2,4-8H,3H2,1H3. The molecule has 3 nitrogen and oxygen atoms in total. The average Bonchev–Trinajstić information content (AvgIpc) is 2.19. The van der Waals surface area contributed by atoms with Crippen LogP contribution in [0.1, 0.15) is 29.3 Å². The number of nitrogens with zero attached hydrogens (tertiary/aromatic N) is 1. The first-order valence-corrected chi connectivity index (χ1v) is 4.30. The van der Waals surface area contributed by atoms with Crippen molar-refractivity contribution in [3.8, 4) is 0 Å². The van der Waals surface area contributed by atoms with Crippen molar-refractivity contribution >= 4 is 18.1 Å². The quantitative estimate of drug-likeness (QED) is 0.536. The maximum atomic E-state index is 11.0. The Bertz CT molecular complexity index is 369. The minimum Gasteiger partial charge on any atom is -0.303 e. The Hall–Kier alpha value is -1.77. The van der Waals surface area contributed by atoms with E-state index in [0.29, 0.717) is 12.0 Å². The van der Waals surface area contributed by atoms with E-state index in [1.807, 2.05) is 0 Å². The van der Waals surface area contributed by atoms with Gasteiger partial charge in [-0.05, 0) is 18.6 Å². The van der Waals surface area contributed by atoms with Gasteiger partial charge in [-0.25, -0.2) is 0 Å². The highest BCUT2D eigenvalue weighted by atomic mass is 16.1. The molecule has 72 valence electrons. The summed E-state index contributed by atoms with van der Waals surface area (Å²) in [7, 11) is 0. The molecule has 14 heavy (non-hydrogen) atoms. The molecule has 1 aromatic heterocycles. The topological polar surface area (TPSA) is 47.0 Å². The normalized spacial score (nSPS) is 10.4. The van der Waals surface area contributed by atoms with E-state index in [1.54, 1.807) is 24.4 Å². The Morgan fingerprint density at radius 3 is 2.93 bits per heavy atom. The molecule has 3 heteroatoms. The van der Waals surface area contributed by atoms with E-state index < -0.39 is 0 Å². The maximum absolute atomic E-state index is 11.0. The highest BCUT2D eigenvalue weighted by Crippen LogP contribution is 2.05. The number of rotatable bonds is 4. The molecule has 0 spiro atoms. The zero-order valence-corrected chi connectivity index (χ0v) is 7.93. The molecule has 0 N–H and O–H groups in total. The van der Waals surface area contributed by atoms with Crippen molar-refractivity contribution < 1.29 is 9.59 Å². The molecule has 0 saturated carbocycles. The first-order valence-electron chi connectivity index (χ1n) is 4.30. The summed E-state index contributed by atoms with van der Waals surface area (Å²) < 4.78 is 0.